The molecule has 2 aromatic heterocycles. The topological polar surface area (TPSA) is 71.2 Å². The highest BCUT2D eigenvalue weighted by atomic mass is 16.3. The Bertz CT molecular complexity index is 884. The van der Waals surface area contributed by atoms with E-state index in [0.29, 0.717) is 5.69 Å². The van der Waals surface area contributed by atoms with Gasteiger partial charge in [0.15, 0.2) is 0 Å². The van der Waals surface area contributed by atoms with Crippen LogP contribution in [0.1, 0.15) is 29.8 Å². The number of benzene rings is 1. The second-order valence-electron chi connectivity index (χ2n) is 6.68. The first-order valence-corrected chi connectivity index (χ1v) is 8.61. The lowest BCUT2D eigenvalue weighted by molar-refractivity contribution is 0.473. The van der Waals surface area contributed by atoms with E-state index in [0.717, 1.165) is 59.8 Å². The van der Waals surface area contributed by atoms with Crippen molar-refractivity contribution in [2.75, 3.05) is 0 Å². The van der Waals surface area contributed by atoms with Crippen molar-refractivity contribution in [3.05, 3.63) is 47.3 Å². The molecule has 0 fully saturated rings. The molecule has 0 saturated carbocycles. The van der Waals surface area contributed by atoms with Crippen molar-refractivity contribution < 1.29 is 10.2 Å². The Morgan fingerprint density at radius 3 is 2.56 bits per heavy atom. The summed E-state index contributed by atoms with van der Waals surface area (Å²) in [7, 11) is 0. The maximum absolute atomic E-state index is 10.4. The predicted octanol–water partition coefficient (Wildman–Crippen LogP) is 3.98. The Labute approximate surface area is 146 Å². The van der Waals surface area contributed by atoms with E-state index in [2.05, 4.69) is 9.55 Å². The molecule has 1 aliphatic heterocycles. The maximum Gasteiger partial charge on any atom is 0.144 e. The van der Waals surface area contributed by atoms with Gasteiger partial charge in [-0.25, -0.2) is 9.97 Å². The van der Waals surface area contributed by atoms with Crippen LogP contribution in [0.4, 0.5) is 0 Å². The van der Waals surface area contributed by atoms with Crippen LogP contribution in [0.5, 0.6) is 11.5 Å². The lowest BCUT2D eigenvalue weighted by Gasteiger charge is -2.18. The van der Waals surface area contributed by atoms with Crippen LogP contribution in [0.2, 0.25) is 0 Å². The van der Waals surface area contributed by atoms with Gasteiger partial charge in [0.05, 0.1) is 5.56 Å². The molecule has 2 N–H and O–H groups in total. The number of hydrogen-bond donors (Lipinski definition) is 2. The summed E-state index contributed by atoms with van der Waals surface area (Å²) in [5.41, 5.74) is 4.95. The average Bonchev–Trinajstić information content (AvgIpc) is 2.98. The van der Waals surface area contributed by atoms with Crippen LogP contribution >= 0.6 is 0 Å². The number of imidazole rings is 1. The Morgan fingerprint density at radius 1 is 0.920 bits per heavy atom. The van der Waals surface area contributed by atoms with Gasteiger partial charge in [-0.3, -0.25) is 0 Å². The van der Waals surface area contributed by atoms with Gasteiger partial charge in [-0.1, -0.05) is 11.6 Å². The van der Waals surface area contributed by atoms with Crippen LogP contribution < -0.4 is 0 Å². The lowest BCUT2D eigenvalue weighted by Crippen LogP contribution is -2.11. The standard InChI is InChI=1S/C20H21N3O2/c1-12-6-8-16(24)14(11-12)20-22-18(15-5-3-4-10-23(15)20)19-17(25)9-7-13(2)21-19/h6-9,11,24-25H,3-5,10H2,1-2H3. The summed E-state index contributed by atoms with van der Waals surface area (Å²) in [6, 6.07) is 8.99. The zero-order valence-electron chi connectivity index (χ0n) is 14.5. The number of phenolic OH excluding ortho intramolecular Hbond substituents is 1. The van der Waals surface area contributed by atoms with Crippen molar-refractivity contribution in [2.24, 2.45) is 0 Å². The van der Waals surface area contributed by atoms with Crippen LogP contribution in [-0.4, -0.2) is 24.7 Å². The molecule has 0 amide bonds. The average molecular weight is 335 g/mol. The molecule has 4 rings (SSSR count). The Hall–Kier alpha value is -2.82. The third-order valence-electron chi connectivity index (χ3n) is 4.75. The summed E-state index contributed by atoms with van der Waals surface area (Å²) in [5, 5.41) is 20.7. The smallest absolute Gasteiger partial charge is 0.144 e. The predicted molar refractivity (Wildman–Crippen MR) is 96.6 cm³/mol. The van der Waals surface area contributed by atoms with E-state index in [1.165, 1.54) is 0 Å². The molecule has 0 saturated heterocycles. The molecule has 1 aliphatic rings. The zero-order chi connectivity index (χ0) is 17.6. The normalized spacial score (nSPS) is 13.7. The number of phenols is 1. The largest absolute Gasteiger partial charge is 0.507 e. The number of nitrogens with zero attached hydrogens (tertiary/aromatic N) is 3. The van der Waals surface area contributed by atoms with Gasteiger partial charge in [-0.15, -0.1) is 0 Å². The van der Waals surface area contributed by atoms with E-state index in [1.807, 2.05) is 26.0 Å². The van der Waals surface area contributed by atoms with Gasteiger partial charge in [-0.05, 0) is 57.4 Å². The fourth-order valence-electron chi connectivity index (χ4n) is 3.49. The minimum Gasteiger partial charge on any atom is -0.507 e. The molecule has 0 atom stereocenters. The molecule has 3 aromatic rings. The molecule has 5 heteroatoms. The molecular weight excluding hydrogens is 314 g/mol. The molecule has 3 heterocycles. The summed E-state index contributed by atoms with van der Waals surface area (Å²) in [6.45, 7) is 4.76. The van der Waals surface area contributed by atoms with Crippen LogP contribution in [0.15, 0.2) is 30.3 Å². The third kappa shape index (κ3) is 2.65. The Kier molecular flexibility index (Phi) is 3.71. The number of fused-ring (bicyclic) bond motifs is 1. The van der Waals surface area contributed by atoms with Crippen molar-refractivity contribution in [1.82, 2.24) is 14.5 Å². The number of aryl methyl sites for hydroxylation is 2. The minimum absolute atomic E-state index is 0.136. The second-order valence-corrected chi connectivity index (χ2v) is 6.68. The van der Waals surface area contributed by atoms with E-state index in [9.17, 15) is 10.2 Å². The van der Waals surface area contributed by atoms with Gasteiger partial charge < -0.3 is 14.8 Å². The molecule has 0 spiro atoms. The Balaban J connectivity index is 1.97. The molecular formula is C20H21N3O2. The van der Waals surface area contributed by atoms with Crippen LogP contribution in [0.3, 0.4) is 0 Å². The van der Waals surface area contributed by atoms with Crippen molar-refractivity contribution in [1.29, 1.82) is 0 Å². The summed E-state index contributed by atoms with van der Waals surface area (Å²) in [6.07, 6.45) is 3.06. The fourth-order valence-corrected chi connectivity index (χ4v) is 3.49. The minimum atomic E-state index is 0.136. The van der Waals surface area contributed by atoms with Crippen LogP contribution in [0, 0.1) is 13.8 Å². The van der Waals surface area contributed by atoms with Gasteiger partial charge in [0, 0.05) is 17.9 Å². The van der Waals surface area contributed by atoms with Crippen molar-refractivity contribution >= 4 is 0 Å². The molecule has 0 radical (unpaired) electrons. The quantitative estimate of drug-likeness (QED) is 0.743. The molecule has 25 heavy (non-hydrogen) atoms. The monoisotopic (exact) mass is 335 g/mol. The fraction of sp³-hybridized carbons (Fsp3) is 0.300. The highest BCUT2D eigenvalue weighted by Gasteiger charge is 2.25. The SMILES string of the molecule is Cc1ccc(O)c(-c2nc(-c3nc(C)ccc3O)c3n2CCCC3)c1. The second kappa shape index (κ2) is 5.92. The molecule has 0 unspecified atom stereocenters. The van der Waals surface area contributed by atoms with Gasteiger partial charge in [-0.2, -0.15) is 0 Å². The molecule has 1 aromatic carbocycles. The summed E-state index contributed by atoms with van der Waals surface area (Å²) < 4.78 is 2.16. The summed E-state index contributed by atoms with van der Waals surface area (Å²) in [5.74, 6) is 1.10. The molecule has 0 bridgehead atoms. The van der Waals surface area contributed by atoms with Crippen molar-refractivity contribution in [3.63, 3.8) is 0 Å². The van der Waals surface area contributed by atoms with Crippen molar-refractivity contribution in [3.8, 4) is 34.3 Å². The first kappa shape index (κ1) is 15.7. The highest BCUT2D eigenvalue weighted by molar-refractivity contribution is 5.73. The van der Waals surface area contributed by atoms with E-state index in [4.69, 9.17) is 4.98 Å². The van der Waals surface area contributed by atoms with Crippen LogP contribution in [0.25, 0.3) is 22.8 Å². The number of aromatic hydroxyl groups is 2. The van der Waals surface area contributed by atoms with Crippen molar-refractivity contribution in [2.45, 2.75) is 39.7 Å². The molecule has 5 nitrogen and oxygen atoms in total. The number of hydrogen-bond acceptors (Lipinski definition) is 4. The highest BCUT2D eigenvalue weighted by Crippen LogP contribution is 2.38. The summed E-state index contributed by atoms with van der Waals surface area (Å²) >= 11 is 0. The summed E-state index contributed by atoms with van der Waals surface area (Å²) in [4.78, 5) is 9.33. The number of rotatable bonds is 2. The Morgan fingerprint density at radius 2 is 1.72 bits per heavy atom. The van der Waals surface area contributed by atoms with Gasteiger partial charge in [0.25, 0.3) is 0 Å². The zero-order valence-corrected chi connectivity index (χ0v) is 14.5. The molecule has 128 valence electrons. The van der Waals surface area contributed by atoms with E-state index >= 15 is 0 Å². The first-order valence-electron chi connectivity index (χ1n) is 8.61. The van der Waals surface area contributed by atoms with E-state index in [1.54, 1.807) is 18.2 Å². The van der Waals surface area contributed by atoms with Gasteiger partial charge in [0.2, 0.25) is 0 Å². The molecule has 0 aliphatic carbocycles. The van der Waals surface area contributed by atoms with Gasteiger partial charge in [0.1, 0.15) is 28.7 Å². The van der Waals surface area contributed by atoms with E-state index in [-0.39, 0.29) is 11.5 Å². The van der Waals surface area contributed by atoms with Crippen LogP contribution in [-0.2, 0) is 13.0 Å². The first-order chi connectivity index (χ1) is 12.0. The number of aromatic nitrogens is 3. The lowest BCUT2D eigenvalue weighted by atomic mass is 10.1. The maximum atomic E-state index is 10.4. The number of pyridine rings is 1. The van der Waals surface area contributed by atoms with Gasteiger partial charge >= 0.3 is 0 Å². The van der Waals surface area contributed by atoms with E-state index < -0.39 is 0 Å². The third-order valence-corrected chi connectivity index (χ3v) is 4.75.